The molecule has 1 aromatic carbocycles. The molecule has 1 heterocycles. The second kappa shape index (κ2) is 6.09. The molecule has 4 nitrogen and oxygen atoms in total. The summed E-state index contributed by atoms with van der Waals surface area (Å²) in [7, 11) is 1.68. The standard InChI is InChI=1S/C16H23N3O/c1-5-15-11(2)18-19(12(15)3)10-13-6-7-14(9-17)16(8-13)20-4/h6-8H,5,9-10,17H2,1-4H3. The Morgan fingerprint density at radius 3 is 2.60 bits per heavy atom. The summed E-state index contributed by atoms with van der Waals surface area (Å²) in [6.45, 7) is 7.61. The van der Waals surface area contributed by atoms with Crippen molar-refractivity contribution in [3.05, 3.63) is 46.3 Å². The fourth-order valence-corrected chi connectivity index (χ4v) is 2.63. The number of methoxy groups -OCH3 is 1. The van der Waals surface area contributed by atoms with Crippen LogP contribution in [0.1, 0.15) is 35.0 Å². The number of aromatic nitrogens is 2. The Balaban J connectivity index is 2.30. The summed E-state index contributed by atoms with van der Waals surface area (Å²) >= 11 is 0. The van der Waals surface area contributed by atoms with Crippen molar-refractivity contribution >= 4 is 0 Å². The van der Waals surface area contributed by atoms with Gasteiger partial charge >= 0.3 is 0 Å². The molecule has 0 saturated heterocycles. The average Bonchev–Trinajstić information content (AvgIpc) is 2.72. The van der Waals surface area contributed by atoms with E-state index in [4.69, 9.17) is 10.5 Å². The van der Waals surface area contributed by atoms with E-state index in [1.165, 1.54) is 16.8 Å². The van der Waals surface area contributed by atoms with Crippen LogP contribution in [0.25, 0.3) is 0 Å². The van der Waals surface area contributed by atoms with Crippen LogP contribution < -0.4 is 10.5 Å². The first-order chi connectivity index (χ1) is 9.60. The van der Waals surface area contributed by atoms with Gasteiger partial charge in [0.25, 0.3) is 0 Å². The zero-order valence-electron chi connectivity index (χ0n) is 12.7. The van der Waals surface area contributed by atoms with E-state index in [-0.39, 0.29) is 0 Å². The molecule has 4 heteroatoms. The summed E-state index contributed by atoms with van der Waals surface area (Å²) in [4.78, 5) is 0. The molecule has 108 valence electrons. The van der Waals surface area contributed by atoms with Crippen LogP contribution in [0.4, 0.5) is 0 Å². The maximum absolute atomic E-state index is 5.70. The van der Waals surface area contributed by atoms with Gasteiger partial charge in [-0.3, -0.25) is 4.68 Å². The van der Waals surface area contributed by atoms with E-state index in [1.807, 2.05) is 12.1 Å². The molecule has 2 N–H and O–H groups in total. The lowest BCUT2D eigenvalue weighted by Crippen LogP contribution is -2.06. The van der Waals surface area contributed by atoms with Gasteiger partial charge in [-0.05, 0) is 37.5 Å². The van der Waals surface area contributed by atoms with E-state index < -0.39 is 0 Å². The Bertz CT molecular complexity index is 602. The minimum atomic E-state index is 0.489. The smallest absolute Gasteiger partial charge is 0.123 e. The summed E-state index contributed by atoms with van der Waals surface area (Å²) in [5.41, 5.74) is 11.6. The van der Waals surface area contributed by atoms with E-state index in [0.29, 0.717) is 6.54 Å². The van der Waals surface area contributed by atoms with Crippen molar-refractivity contribution in [1.29, 1.82) is 0 Å². The van der Waals surface area contributed by atoms with Gasteiger partial charge in [0.2, 0.25) is 0 Å². The summed E-state index contributed by atoms with van der Waals surface area (Å²) in [6, 6.07) is 6.16. The first-order valence-corrected chi connectivity index (χ1v) is 6.99. The van der Waals surface area contributed by atoms with Gasteiger partial charge in [0, 0.05) is 17.8 Å². The SMILES string of the molecule is CCc1c(C)nn(Cc2ccc(CN)c(OC)c2)c1C. The molecule has 0 unspecified atom stereocenters. The summed E-state index contributed by atoms with van der Waals surface area (Å²) < 4.78 is 7.45. The largest absolute Gasteiger partial charge is 0.496 e. The number of nitrogens with two attached hydrogens (primary N) is 1. The fourth-order valence-electron chi connectivity index (χ4n) is 2.63. The molecule has 0 atom stereocenters. The van der Waals surface area contributed by atoms with Crippen molar-refractivity contribution in [2.75, 3.05) is 7.11 Å². The average molecular weight is 273 g/mol. The van der Waals surface area contributed by atoms with Crippen LogP contribution in [-0.4, -0.2) is 16.9 Å². The molecule has 0 bridgehead atoms. The Hall–Kier alpha value is -1.81. The van der Waals surface area contributed by atoms with Crippen LogP contribution >= 0.6 is 0 Å². The van der Waals surface area contributed by atoms with E-state index >= 15 is 0 Å². The molecule has 20 heavy (non-hydrogen) atoms. The topological polar surface area (TPSA) is 53.1 Å². The van der Waals surface area contributed by atoms with Crippen LogP contribution in [-0.2, 0) is 19.5 Å². The van der Waals surface area contributed by atoms with E-state index in [1.54, 1.807) is 7.11 Å². The molecule has 0 aliphatic rings. The molecule has 0 aliphatic heterocycles. The lowest BCUT2D eigenvalue weighted by atomic mass is 10.1. The third-order valence-corrected chi connectivity index (χ3v) is 3.79. The highest BCUT2D eigenvalue weighted by atomic mass is 16.5. The quantitative estimate of drug-likeness (QED) is 0.911. The van der Waals surface area contributed by atoms with Gasteiger partial charge in [0.05, 0.1) is 19.3 Å². The number of hydrogen-bond donors (Lipinski definition) is 1. The Labute approximate surface area is 120 Å². The lowest BCUT2D eigenvalue weighted by Gasteiger charge is -2.10. The maximum Gasteiger partial charge on any atom is 0.123 e. The first-order valence-electron chi connectivity index (χ1n) is 6.99. The minimum absolute atomic E-state index is 0.489. The Morgan fingerprint density at radius 1 is 1.30 bits per heavy atom. The van der Waals surface area contributed by atoms with Crippen molar-refractivity contribution in [2.24, 2.45) is 5.73 Å². The van der Waals surface area contributed by atoms with Crippen LogP contribution in [0.5, 0.6) is 5.75 Å². The normalized spacial score (nSPS) is 10.8. The molecule has 2 aromatic rings. The van der Waals surface area contributed by atoms with Gasteiger partial charge in [-0.2, -0.15) is 5.10 Å². The van der Waals surface area contributed by atoms with Crippen molar-refractivity contribution in [3.63, 3.8) is 0 Å². The Kier molecular flexibility index (Phi) is 4.45. The van der Waals surface area contributed by atoms with Gasteiger partial charge in [-0.15, -0.1) is 0 Å². The predicted octanol–water partition coefficient (Wildman–Crippen LogP) is 2.58. The molecule has 0 fully saturated rings. The monoisotopic (exact) mass is 273 g/mol. The highest BCUT2D eigenvalue weighted by Gasteiger charge is 2.11. The van der Waals surface area contributed by atoms with E-state index in [0.717, 1.165) is 30.0 Å². The van der Waals surface area contributed by atoms with Gasteiger partial charge in [0.1, 0.15) is 5.75 Å². The minimum Gasteiger partial charge on any atom is -0.496 e. The number of benzene rings is 1. The molecule has 2 rings (SSSR count). The Morgan fingerprint density at radius 2 is 2.05 bits per heavy atom. The first kappa shape index (κ1) is 14.6. The van der Waals surface area contributed by atoms with Crippen LogP contribution in [0.3, 0.4) is 0 Å². The van der Waals surface area contributed by atoms with Crippen molar-refractivity contribution < 1.29 is 4.74 Å². The number of nitrogens with zero attached hydrogens (tertiary/aromatic N) is 2. The molecule has 0 radical (unpaired) electrons. The molecular formula is C16H23N3O. The van der Waals surface area contributed by atoms with E-state index in [2.05, 4.69) is 36.6 Å². The number of aryl methyl sites for hydroxylation is 1. The van der Waals surface area contributed by atoms with Crippen LogP contribution in [0, 0.1) is 13.8 Å². The molecule has 1 aromatic heterocycles. The van der Waals surface area contributed by atoms with Gasteiger partial charge in [0.15, 0.2) is 0 Å². The second-order valence-electron chi connectivity index (χ2n) is 5.01. The highest BCUT2D eigenvalue weighted by molar-refractivity contribution is 5.38. The summed E-state index contributed by atoms with van der Waals surface area (Å²) in [5.74, 6) is 0.849. The highest BCUT2D eigenvalue weighted by Crippen LogP contribution is 2.21. The zero-order chi connectivity index (χ0) is 14.7. The molecule has 0 spiro atoms. The number of hydrogen-bond acceptors (Lipinski definition) is 3. The van der Waals surface area contributed by atoms with Gasteiger partial charge < -0.3 is 10.5 Å². The van der Waals surface area contributed by atoms with E-state index in [9.17, 15) is 0 Å². The third kappa shape index (κ3) is 2.70. The van der Waals surface area contributed by atoms with Crippen molar-refractivity contribution in [1.82, 2.24) is 9.78 Å². The van der Waals surface area contributed by atoms with Crippen LogP contribution in [0.2, 0.25) is 0 Å². The van der Waals surface area contributed by atoms with Gasteiger partial charge in [-0.25, -0.2) is 0 Å². The van der Waals surface area contributed by atoms with Crippen molar-refractivity contribution in [2.45, 2.75) is 40.3 Å². The lowest BCUT2D eigenvalue weighted by molar-refractivity contribution is 0.409. The summed E-state index contributed by atoms with van der Waals surface area (Å²) in [6.07, 6.45) is 1.02. The maximum atomic E-state index is 5.70. The molecular weight excluding hydrogens is 250 g/mol. The number of ether oxygens (including phenoxy) is 1. The fraction of sp³-hybridized carbons (Fsp3) is 0.438. The molecule has 0 saturated carbocycles. The van der Waals surface area contributed by atoms with Gasteiger partial charge in [-0.1, -0.05) is 19.1 Å². The molecule has 0 aliphatic carbocycles. The second-order valence-corrected chi connectivity index (χ2v) is 5.01. The summed E-state index contributed by atoms with van der Waals surface area (Å²) in [5, 5.41) is 4.63. The molecule has 0 amide bonds. The van der Waals surface area contributed by atoms with Crippen molar-refractivity contribution in [3.8, 4) is 5.75 Å². The van der Waals surface area contributed by atoms with Crippen LogP contribution in [0.15, 0.2) is 18.2 Å². The number of rotatable bonds is 5. The predicted molar refractivity (Wildman–Crippen MR) is 81.1 cm³/mol. The zero-order valence-corrected chi connectivity index (χ0v) is 12.7. The third-order valence-electron chi connectivity index (χ3n) is 3.79.